The zero-order valence-corrected chi connectivity index (χ0v) is 16.7. The van der Waals surface area contributed by atoms with Gasteiger partial charge >= 0.3 is 12.6 Å². The van der Waals surface area contributed by atoms with E-state index in [2.05, 4.69) is 25.2 Å². The number of benzene rings is 2. The maximum atomic E-state index is 13.1. The summed E-state index contributed by atoms with van der Waals surface area (Å²) in [5, 5.41) is 10.9. The molecule has 0 aliphatic heterocycles. The van der Waals surface area contributed by atoms with Crippen LogP contribution in [0.2, 0.25) is 0 Å². The molecule has 5 aromatic rings. The van der Waals surface area contributed by atoms with Crippen LogP contribution in [0.5, 0.6) is 5.75 Å². The Morgan fingerprint density at radius 3 is 2.58 bits per heavy atom. The first-order valence-electron chi connectivity index (χ1n) is 9.70. The predicted molar refractivity (Wildman–Crippen MR) is 114 cm³/mol. The van der Waals surface area contributed by atoms with Gasteiger partial charge in [-0.25, -0.2) is 4.98 Å². The quantitative estimate of drug-likeness (QED) is 0.371. The Labute approximate surface area is 184 Å². The van der Waals surface area contributed by atoms with Crippen molar-refractivity contribution in [3.63, 3.8) is 0 Å². The number of fused-ring (bicyclic) bond motifs is 1. The number of rotatable bonds is 6. The third-order valence-electron chi connectivity index (χ3n) is 4.71. The lowest BCUT2D eigenvalue weighted by atomic mass is 10.0. The summed E-state index contributed by atoms with van der Waals surface area (Å²) in [6, 6.07) is 18.0. The van der Waals surface area contributed by atoms with E-state index in [0.717, 1.165) is 0 Å². The Morgan fingerprint density at radius 1 is 1.00 bits per heavy atom. The number of amides is 1. The largest absolute Gasteiger partial charge is 0.459 e. The first-order chi connectivity index (χ1) is 16.1. The highest BCUT2D eigenvalue weighted by molar-refractivity contribution is 6.12. The van der Waals surface area contributed by atoms with Crippen LogP contribution in [0.1, 0.15) is 10.4 Å². The number of ether oxygens (including phenoxy) is 1. The van der Waals surface area contributed by atoms with Crippen molar-refractivity contribution in [3.8, 4) is 28.7 Å². The number of para-hydroxylation sites is 1. The molecule has 33 heavy (non-hydrogen) atoms. The minimum Gasteiger partial charge on any atom is -0.459 e. The summed E-state index contributed by atoms with van der Waals surface area (Å²) in [6.45, 7) is -2.91. The van der Waals surface area contributed by atoms with Gasteiger partial charge in [-0.05, 0) is 48.5 Å². The molecule has 10 heteroatoms. The van der Waals surface area contributed by atoms with E-state index in [-0.39, 0.29) is 17.7 Å². The number of carbonyl (C=O) groups excluding carboxylic acids is 1. The van der Waals surface area contributed by atoms with Gasteiger partial charge in [-0.1, -0.05) is 23.3 Å². The molecule has 0 saturated carbocycles. The summed E-state index contributed by atoms with van der Waals surface area (Å²) in [4.78, 5) is 17.7. The van der Waals surface area contributed by atoms with Crippen molar-refractivity contribution in [1.29, 1.82) is 0 Å². The zero-order chi connectivity index (χ0) is 22.8. The minimum atomic E-state index is -2.91. The molecule has 0 aliphatic carbocycles. The molecule has 3 aromatic heterocycles. The molecule has 0 atom stereocenters. The standard InChI is InChI=1S/C23H14F2N4O4/c24-22(25)32-14-9-7-13(8-10-14)18-12-16(15-4-1-2-5-17(15)26-18)20(30)27-23-29-28-21(33-23)19-6-3-11-31-19/h1-12,22H,(H,27,29,30). The van der Waals surface area contributed by atoms with Crippen LogP contribution >= 0.6 is 0 Å². The Morgan fingerprint density at radius 2 is 1.82 bits per heavy atom. The van der Waals surface area contributed by atoms with E-state index in [9.17, 15) is 13.6 Å². The van der Waals surface area contributed by atoms with Crippen LogP contribution in [-0.2, 0) is 0 Å². The van der Waals surface area contributed by atoms with Crippen molar-refractivity contribution in [2.24, 2.45) is 0 Å². The molecule has 0 fully saturated rings. The van der Waals surface area contributed by atoms with Gasteiger partial charge in [-0.2, -0.15) is 8.78 Å². The second kappa shape index (κ2) is 8.50. The van der Waals surface area contributed by atoms with Gasteiger partial charge in [0.15, 0.2) is 5.76 Å². The number of anilines is 1. The first kappa shape index (κ1) is 20.3. The van der Waals surface area contributed by atoms with E-state index >= 15 is 0 Å². The number of hydrogen-bond donors (Lipinski definition) is 1. The summed E-state index contributed by atoms with van der Waals surface area (Å²) in [5.41, 5.74) is 2.00. The number of pyridine rings is 1. The fraction of sp³-hybridized carbons (Fsp3) is 0.0435. The van der Waals surface area contributed by atoms with E-state index in [1.165, 1.54) is 18.4 Å². The van der Waals surface area contributed by atoms with E-state index in [1.54, 1.807) is 54.6 Å². The van der Waals surface area contributed by atoms with E-state index in [4.69, 9.17) is 8.83 Å². The molecule has 0 saturated heterocycles. The fourth-order valence-electron chi connectivity index (χ4n) is 3.26. The van der Waals surface area contributed by atoms with Gasteiger partial charge in [0.2, 0.25) is 0 Å². The summed E-state index contributed by atoms with van der Waals surface area (Å²) in [5.74, 6) is 0.0407. The maximum Gasteiger partial charge on any atom is 0.387 e. The lowest BCUT2D eigenvalue weighted by Crippen LogP contribution is -2.13. The van der Waals surface area contributed by atoms with Gasteiger partial charge in [0.1, 0.15) is 5.75 Å². The molecular weight excluding hydrogens is 434 g/mol. The smallest absolute Gasteiger partial charge is 0.387 e. The molecule has 3 heterocycles. The second-order valence-electron chi connectivity index (χ2n) is 6.82. The first-order valence-corrected chi connectivity index (χ1v) is 9.70. The van der Waals surface area contributed by atoms with Crippen LogP contribution in [0.15, 0.2) is 81.8 Å². The van der Waals surface area contributed by atoms with Crippen molar-refractivity contribution in [2.45, 2.75) is 6.61 Å². The van der Waals surface area contributed by atoms with Crippen LogP contribution in [0, 0.1) is 0 Å². The number of nitrogens with one attached hydrogen (secondary N) is 1. The molecule has 0 spiro atoms. The normalized spacial score (nSPS) is 11.1. The van der Waals surface area contributed by atoms with Gasteiger partial charge in [0, 0.05) is 10.9 Å². The zero-order valence-electron chi connectivity index (χ0n) is 16.7. The highest BCUT2D eigenvalue weighted by atomic mass is 19.3. The average Bonchev–Trinajstić information content (AvgIpc) is 3.50. The number of hydrogen-bond acceptors (Lipinski definition) is 7. The summed E-state index contributed by atoms with van der Waals surface area (Å²) < 4.78 is 39.9. The summed E-state index contributed by atoms with van der Waals surface area (Å²) in [7, 11) is 0. The molecule has 1 amide bonds. The van der Waals surface area contributed by atoms with Gasteiger partial charge in [-0.3, -0.25) is 10.1 Å². The SMILES string of the molecule is O=C(Nc1nnc(-c2ccco2)o1)c1cc(-c2ccc(OC(F)F)cc2)nc2ccccc12. The lowest BCUT2D eigenvalue weighted by molar-refractivity contribution is -0.0498. The molecule has 1 N–H and O–H groups in total. The number of alkyl halides is 2. The van der Waals surface area contributed by atoms with E-state index in [0.29, 0.717) is 33.5 Å². The van der Waals surface area contributed by atoms with Crippen LogP contribution in [-0.4, -0.2) is 27.7 Å². The van der Waals surface area contributed by atoms with Crippen molar-refractivity contribution >= 4 is 22.8 Å². The highest BCUT2D eigenvalue weighted by Gasteiger charge is 2.18. The van der Waals surface area contributed by atoms with Crippen molar-refractivity contribution in [2.75, 3.05) is 5.32 Å². The minimum absolute atomic E-state index is 0.0243. The number of furan rings is 1. The molecule has 164 valence electrons. The van der Waals surface area contributed by atoms with Crippen LogP contribution in [0.25, 0.3) is 33.8 Å². The molecule has 0 aliphatic rings. The van der Waals surface area contributed by atoms with Gasteiger partial charge < -0.3 is 13.6 Å². The molecule has 8 nitrogen and oxygen atoms in total. The molecule has 0 bridgehead atoms. The van der Waals surface area contributed by atoms with Gasteiger partial charge in [0.05, 0.1) is 23.0 Å². The maximum absolute atomic E-state index is 13.1. The van der Waals surface area contributed by atoms with Crippen molar-refractivity contribution in [1.82, 2.24) is 15.2 Å². The molecule has 0 radical (unpaired) electrons. The van der Waals surface area contributed by atoms with Gasteiger partial charge in [0.25, 0.3) is 11.8 Å². The molecule has 0 unspecified atom stereocenters. The number of carbonyl (C=O) groups is 1. The number of aromatic nitrogens is 3. The van der Waals surface area contributed by atoms with Gasteiger partial charge in [-0.15, -0.1) is 5.10 Å². The number of halogens is 2. The monoisotopic (exact) mass is 448 g/mol. The Bertz CT molecular complexity index is 1420. The Hall–Kier alpha value is -4.60. The molecular formula is C23H14F2N4O4. The third-order valence-corrected chi connectivity index (χ3v) is 4.71. The fourth-order valence-corrected chi connectivity index (χ4v) is 3.26. The van der Waals surface area contributed by atoms with Crippen LogP contribution in [0.4, 0.5) is 14.8 Å². The lowest BCUT2D eigenvalue weighted by Gasteiger charge is -2.10. The Kier molecular flexibility index (Phi) is 5.23. The summed E-state index contributed by atoms with van der Waals surface area (Å²) in [6.07, 6.45) is 1.47. The third kappa shape index (κ3) is 4.26. The van der Waals surface area contributed by atoms with Crippen LogP contribution in [0.3, 0.4) is 0 Å². The highest BCUT2D eigenvalue weighted by Crippen LogP contribution is 2.28. The van der Waals surface area contributed by atoms with E-state index < -0.39 is 12.5 Å². The average molecular weight is 448 g/mol. The van der Waals surface area contributed by atoms with E-state index in [1.807, 2.05) is 0 Å². The van der Waals surface area contributed by atoms with Crippen LogP contribution < -0.4 is 10.1 Å². The van der Waals surface area contributed by atoms with Crippen molar-refractivity contribution in [3.05, 3.63) is 78.6 Å². The summed E-state index contributed by atoms with van der Waals surface area (Å²) >= 11 is 0. The Balaban J connectivity index is 1.47. The predicted octanol–water partition coefficient (Wildman–Crippen LogP) is 5.40. The van der Waals surface area contributed by atoms with Crippen molar-refractivity contribution < 1.29 is 27.1 Å². The molecule has 2 aromatic carbocycles. The number of nitrogens with zero attached hydrogens (tertiary/aromatic N) is 3. The molecule has 5 rings (SSSR count). The topological polar surface area (TPSA) is 103 Å². The second-order valence-corrected chi connectivity index (χ2v) is 6.82.